The Bertz CT molecular complexity index is 479. The van der Waals surface area contributed by atoms with E-state index in [9.17, 15) is 4.79 Å². The molecular formula is C14H19BrN2O2. The van der Waals surface area contributed by atoms with Gasteiger partial charge in [-0.1, -0.05) is 15.9 Å². The maximum atomic E-state index is 11.8. The highest BCUT2D eigenvalue weighted by Gasteiger charge is 2.26. The van der Waals surface area contributed by atoms with Gasteiger partial charge in [-0.3, -0.25) is 10.3 Å². The molecule has 4 nitrogen and oxygen atoms in total. The maximum Gasteiger partial charge on any atom is 0.412 e. The summed E-state index contributed by atoms with van der Waals surface area (Å²) in [5.74, 6) is 0.554. The van der Waals surface area contributed by atoms with Crippen molar-refractivity contribution in [1.29, 1.82) is 0 Å². The van der Waals surface area contributed by atoms with E-state index in [4.69, 9.17) is 4.74 Å². The van der Waals surface area contributed by atoms with E-state index in [1.807, 2.05) is 32.9 Å². The number of ether oxygens (including phenoxy) is 1. The summed E-state index contributed by atoms with van der Waals surface area (Å²) in [5.41, 5.74) is 2.24. The first-order chi connectivity index (χ1) is 8.87. The lowest BCUT2D eigenvalue weighted by atomic mass is 10.2. The van der Waals surface area contributed by atoms with Crippen LogP contribution in [-0.4, -0.2) is 16.7 Å². The minimum absolute atomic E-state index is 0.430. The number of carbonyl (C=O) groups is 1. The smallest absolute Gasteiger partial charge is 0.412 e. The van der Waals surface area contributed by atoms with Gasteiger partial charge >= 0.3 is 6.09 Å². The molecule has 1 fully saturated rings. The molecule has 0 aliphatic heterocycles. The van der Waals surface area contributed by atoms with Gasteiger partial charge in [0.2, 0.25) is 0 Å². The number of nitrogens with one attached hydrogen (secondary N) is 1. The first kappa shape index (κ1) is 14.3. The van der Waals surface area contributed by atoms with Crippen LogP contribution in [0.4, 0.5) is 10.5 Å². The molecule has 104 valence electrons. The van der Waals surface area contributed by atoms with E-state index in [-0.39, 0.29) is 0 Å². The van der Waals surface area contributed by atoms with E-state index in [1.165, 1.54) is 12.8 Å². The van der Waals surface area contributed by atoms with Gasteiger partial charge in [0, 0.05) is 22.6 Å². The van der Waals surface area contributed by atoms with E-state index in [0.29, 0.717) is 11.2 Å². The molecule has 2 rings (SSSR count). The van der Waals surface area contributed by atoms with E-state index in [0.717, 1.165) is 17.1 Å². The van der Waals surface area contributed by atoms with Crippen molar-refractivity contribution in [2.24, 2.45) is 0 Å². The number of nitrogens with zero attached hydrogens (tertiary/aromatic N) is 1. The fourth-order valence-electron chi connectivity index (χ4n) is 1.76. The molecule has 1 N–H and O–H groups in total. The summed E-state index contributed by atoms with van der Waals surface area (Å²) in [7, 11) is 0. The van der Waals surface area contributed by atoms with Gasteiger partial charge in [0.05, 0.1) is 5.69 Å². The van der Waals surface area contributed by atoms with Gasteiger partial charge in [0.1, 0.15) is 5.60 Å². The number of aromatic nitrogens is 1. The Morgan fingerprint density at radius 1 is 1.47 bits per heavy atom. The fourth-order valence-corrected chi connectivity index (χ4v) is 2.05. The third-order valence-corrected chi connectivity index (χ3v) is 3.25. The van der Waals surface area contributed by atoms with Gasteiger partial charge in [-0.25, -0.2) is 4.79 Å². The van der Waals surface area contributed by atoms with Crippen molar-refractivity contribution in [3.63, 3.8) is 0 Å². The highest BCUT2D eigenvalue weighted by molar-refractivity contribution is 9.08. The second kappa shape index (κ2) is 5.49. The number of alkyl halides is 1. The van der Waals surface area contributed by atoms with Crippen LogP contribution in [0.25, 0.3) is 0 Å². The zero-order chi connectivity index (χ0) is 14.0. The van der Waals surface area contributed by atoms with Crippen LogP contribution in [0.3, 0.4) is 0 Å². The summed E-state index contributed by atoms with van der Waals surface area (Å²) in [6.07, 6.45) is 1.94. The first-order valence-corrected chi connectivity index (χ1v) is 7.56. The van der Waals surface area contributed by atoms with Gasteiger partial charge in [-0.2, -0.15) is 0 Å². The van der Waals surface area contributed by atoms with Crippen LogP contribution in [0.1, 0.15) is 50.9 Å². The van der Waals surface area contributed by atoms with Crippen molar-refractivity contribution in [3.05, 3.63) is 23.5 Å². The third kappa shape index (κ3) is 4.49. The third-order valence-electron chi connectivity index (χ3n) is 2.68. The normalized spacial score (nSPS) is 15.2. The van der Waals surface area contributed by atoms with Crippen LogP contribution in [0.2, 0.25) is 0 Å². The van der Waals surface area contributed by atoms with Crippen molar-refractivity contribution in [2.45, 2.75) is 50.5 Å². The van der Waals surface area contributed by atoms with Crippen LogP contribution < -0.4 is 5.32 Å². The zero-order valence-electron chi connectivity index (χ0n) is 11.5. The van der Waals surface area contributed by atoms with Crippen molar-refractivity contribution >= 4 is 27.7 Å². The van der Waals surface area contributed by atoms with E-state index < -0.39 is 11.7 Å². The Morgan fingerprint density at radius 2 is 2.16 bits per heavy atom. The summed E-state index contributed by atoms with van der Waals surface area (Å²) in [6, 6.07) is 3.80. The number of hydrogen-bond donors (Lipinski definition) is 1. The van der Waals surface area contributed by atoms with Crippen molar-refractivity contribution in [3.8, 4) is 0 Å². The number of anilines is 1. The average molecular weight is 327 g/mol. The molecule has 0 bridgehead atoms. The summed E-state index contributed by atoms with van der Waals surface area (Å²) in [6.45, 7) is 5.54. The molecule has 0 radical (unpaired) electrons. The number of hydrogen-bond acceptors (Lipinski definition) is 3. The minimum atomic E-state index is -0.491. The van der Waals surface area contributed by atoms with Gasteiger partial charge in [-0.15, -0.1) is 0 Å². The summed E-state index contributed by atoms with van der Waals surface area (Å²) >= 11 is 3.40. The Labute approximate surface area is 122 Å². The Morgan fingerprint density at radius 3 is 2.68 bits per heavy atom. The molecule has 0 aromatic carbocycles. The van der Waals surface area contributed by atoms with E-state index >= 15 is 0 Å². The highest BCUT2D eigenvalue weighted by atomic mass is 79.9. The van der Waals surface area contributed by atoms with Gasteiger partial charge in [0.25, 0.3) is 0 Å². The zero-order valence-corrected chi connectivity index (χ0v) is 13.1. The van der Waals surface area contributed by atoms with E-state index in [1.54, 1.807) is 0 Å². The molecule has 0 unspecified atom stereocenters. The largest absolute Gasteiger partial charge is 0.444 e. The molecule has 0 atom stereocenters. The van der Waals surface area contributed by atoms with Crippen LogP contribution >= 0.6 is 15.9 Å². The van der Waals surface area contributed by atoms with Crippen LogP contribution in [0.15, 0.2) is 12.1 Å². The lowest BCUT2D eigenvalue weighted by molar-refractivity contribution is 0.0636. The van der Waals surface area contributed by atoms with Crippen LogP contribution in [0, 0.1) is 0 Å². The monoisotopic (exact) mass is 326 g/mol. The molecule has 1 aromatic rings. The van der Waals surface area contributed by atoms with Gasteiger partial charge < -0.3 is 4.74 Å². The average Bonchev–Trinajstić information content (AvgIpc) is 3.09. The lowest BCUT2D eigenvalue weighted by Gasteiger charge is -2.20. The molecule has 1 saturated carbocycles. The minimum Gasteiger partial charge on any atom is -0.444 e. The Hall–Kier alpha value is -1.10. The summed E-state index contributed by atoms with van der Waals surface area (Å²) in [5, 5.41) is 3.45. The standard InChI is InChI=1S/C14H19BrN2O2/c1-14(2,3)19-13(18)17-10-6-11(8-15)16-12(7-10)9-4-5-9/h6-7,9H,4-5,8H2,1-3H3,(H,16,17,18). The number of pyridine rings is 1. The fraction of sp³-hybridized carbons (Fsp3) is 0.571. The predicted molar refractivity (Wildman–Crippen MR) is 78.7 cm³/mol. The van der Waals surface area contributed by atoms with Crippen LogP contribution in [-0.2, 0) is 10.1 Å². The second-order valence-corrected chi connectivity index (χ2v) is 6.37. The number of halogens is 1. The molecule has 1 aliphatic carbocycles. The Kier molecular flexibility index (Phi) is 4.13. The van der Waals surface area contributed by atoms with Gasteiger partial charge in [0.15, 0.2) is 0 Å². The molecular weight excluding hydrogens is 308 g/mol. The molecule has 5 heteroatoms. The second-order valence-electron chi connectivity index (χ2n) is 5.81. The molecule has 1 amide bonds. The van der Waals surface area contributed by atoms with Gasteiger partial charge in [-0.05, 0) is 45.7 Å². The molecule has 1 aliphatic rings. The summed E-state index contributed by atoms with van der Waals surface area (Å²) in [4.78, 5) is 16.3. The first-order valence-electron chi connectivity index (χ1n) is 6.44. The number of amides is 1. The molecule has 1 heterocycles. The van der Waals surface area contributed by atoms with Crippen LogP contribution in [0.5, 0.6) is 0 Å². The predicted octanol–water partition coefficient (Wildman–Crippen LogP) is 4.20. The quantitative estimate of drug-likeness (QED) is 0.847. The van der Waals surface area contributed by atoms with Crippen molar-refractivity contribution in [2.75, 3.05) is 5.32 Å². The molecule has 19 heavy (non-hydrogen) atoms. The number of rotatable bonds is 3. The van der Waals surface area contributed by atoms with Crippen molar-refractivity contribution < 1.29 is 9.53 Å². The molecule has 1 aromatic heterocycles. The Balaban J connectivity index is 2.10. The SMILES string of the molecule is CC(C)(C)OC(=O)Nc1cc(CBr)nc(C2CC2)c1. The maximum absolute atomic E-state index is 11.8. The lowest BCUT2D eigenvalue weighted by Crippen LogP contribution is -2.27. The summed E-state index contributed by atoms with van der Waals surface area (Å²) < 4.78 is 5.25. The van der Waals surface area contributed by atoms with Crippen molar-refractivity contribution in [1.82, 2.24) is 4.98 Å². The highest BCUT2D eigenvalue weighted by Crippen LogP contribution is 2.40. The topological polar surface area (TPSA) is 51.2 Å². The molecule has 0 saturated heterocycles. The number of carbonyl (C=O) groups excluding carboxylic acids is 1. The molecule has 0 spiro atoms. The van der Waals surface area contributed by atoms with E-state index in [2.05, 4.69) is 26.2 Å².